The minimum absolute atomic E-state index is 0.349. The van der Waals surface area contributed by atoms with Crippen molar-refractivity contribution >= 4 is 26.0 Å². The number of hydrogen-bond acceptors (Lipinski definition) is 3. The van der Waals surface area contributed by atoms with E-state index in [0.29, 0.717) is 6.07 Å². The Morgan fingerprint density at radius 3 is 2.40 bits per heavy atom. The summed E-state index contributed by atoms with van der Waals surface area (Å²) in [5, 5.41) is 4.66. The number of primary sulfonamides is 1. The lowest BCUT2D eigenvalue weighted by Crippen LogP contribution is -2.16. The zero-order chi connectivity index (χ0) is 11.8. The molecule has 15 heavy (non-hydrogen) atoms. The third-order valence-electron chi connectivity index (χ3n) is 1.47. The van der Waals surface area contributed by atoms with Gasteiger partial charge in [-0.2, -0.15) is 4.39 Å². The van der Waals surface area contributed by atoms with Gasteiger partial charge in [-0.3, -0.25) is 0 Å². The Labute approximate surface area is 91.5 Å². The maximum atomic E-state index is 12.7. The Morgan fingerprint density at radius 2 is 2.00 bits per heavy atom. The minimum atomic E-state index is -4.41. The van der Waals surface area contributed by atoms with Crippen molar-refractivity contribution in [1.29, 1.82) is 0 Å². The van der Waals surface area contributed by atoms with E-state index in [4.69, 9.17) is 0 Å². The van der Waals surface area contributed by atoms with Gasteiger partial charge in [0, 0.05) is 6.07 Å². The first-order valence-electron chi connectivity index (χ1n) is 3.40. The van der Waals surface area contributed by atoms with E-state index in [1.54, 1.807) is 0 Å². The van der Waals surface area contributed by atoms with Crippen molar-refractivity contribution in [3.05, 3.63) is 22.2 Å². The Kier molecular flexibility index (Phi) is 3.36. The second-order valence-electron chi connectivity index (χ2n) is 2.49. The predicted octanol–water partition coefficient (Wildman–Crippen LogP) is 1.57. The van der Waals surface area contributed by atoms with Crippen molar-refractivity contribution in [3.63, 3.8) is 0 Å². The van der Waals surface area contributed by atoms with Crippen LogP contribution in [0.3, 0.4) is 0 Å². The van der Waals surface area contributed by atoms with Crippen molar-refractivity contribution in [2.45, 2.75) is 11.3 Å². The van der Waals surface area contributed by atoms with Gasteiger partial charge >= 0.3 is 0 Å². The molecule has 1 heterocycles. The second-order valence-corrected chi connectivity index (χ2v) is 4.77. The van der Waals surface area contributed by atoms with E-state index in [1.807, 2.05) is 0 Å². The van der Waals surface area contributed by atoms with E-state index in [-0.39, 0.29) is 0 Å². The number of hydrogen-bond donors (Lipinski definition) is 1. The molecular formula is C6H4BrF3N2O2S. The summed E-state index contributed by atoms with van der Waals surface area (Å²) in [6.45, 7) is 0. The molecule has 0 spiro atoms. The number of rotatable bonds is 2. The summed E-state index contributed by atoms with van der Waals surface area (Å²) in [6.07, 6.45) is -3.12. The van der Waals surface area contributed by atoms with Crippen LogP contribution in [0.25, 0.3) is 0 Å². The molecule has 0 aromatic carbocycles. The first-order chi connectivity index (χ1) is 6.73. The van der Waals surface area contributed by atoms with Crippen LogP contribution in [0, 0.1) is 5.95 Å². The largest absolute Gasteiger partial charge is 0.267 e. The smallest absolute Gasteiger partial charge is 0.225 e. The summed E-state index contributed by atoms with van der Waals surface area (Å²) in [5.41, 5.74) is -0.945. The third kappa shape index (κ3) is 2.67. The van der Waals surface area contributed by atoms with Crippen LogP contribution in [0.5, 0.6) is 0 Å². The quantitative estimate of drug-likeness (QED) is 0.843. The molecule has 0 atom stereocenters. The highest BCUT2D eigenvalue weighted by Crippen LogP contribution is 2.31. The third-order valence-corrected chi connectivity index (χ3v) is 3.02. The fourth-order valence-corrected chi connectivity index (χ4v) is 2.35. The second kappa shape index (κ2) is 4.06. The SMILES string of the molecule is NS(=O)(=O)c1cc(F)nc(Br)c1C(F)F. The highest BCUT2D eigenvalue weighted by Gasteiger charge is 2.25. The van der Waals surface area contributed by atoms with Gasteiger partial charge in [-0.05, 0) is 15.9 Å². The van der Waals surface area contributed by atoms with Crippen LogP contribution in [0.4, 0.5) is 13.2 Å². The fraction of sp³-hybridized carbons (Fsp3) is 0.167. The van der Waals surface area contributed by atoms with Gasteiger partial charge in [0.2, 0.25) is 16.0 Å². The molecule has 1 aromatic rings. The lowest BCUT2D eigenvalue weighted by atomic mass is 10.3. The monoisotopic (exact) mass is 304 g/mol. The van der Waals surface area contributed by atoms with Crippen LogP contribution in [-0.4, -0.2) is 13.4 Å². The molecule has 0 aliphatic rings. The van der Waals surface area contributed by atoms with Crippen LogP contribution in [0.2, 0.25) is 0 Å². The molecule has 1 rings (SSSR count). The van der Waals surface area contributed by atoms with E-state index >= 15 is 0 Å². The number of nitrogens with zero attached hydrogens (tertiary/aromatic N) is 1. The number of aromatic nitrogens is 1. The molecule has 9 heteroatoms. The molecule has 1 aromatic heterocycles. The van der Waals surface area contributed by atoms with E-state index in [1.165, 1.54) is 0 Å². The predicted molar refractivity (Wildman–Crippen MR) is 48.2 cm³/mol. The molecule has 2 N–H and O–H groups in total. The van der Waals surface area contributed by atoms with Crippen molar-refractivity contribution in [1.82, 2.24) is 4.98 Å². The van der Waals surface area contributed by atoms with E-state index in [9.17, 15) is 21.6 Å². The number of alkyl halides is 2. The van der Waals surface area contributed by atoms with E-state index in [0.717, 1.165) is 0 Å². The van der Waals surface area contributed by atoms with Crippen molar-refractivity contribution < 1.29 is 21.6 Å². The van der Waals surface area contributed by atoms with Crippen LogP contribution in [0.15, 0.2) is 15.6 Å². The van der Waals surface area contributed by atoms with Crippen molar-refractivity contribution in [2.24, 2.45) is 5.14 Å². The van der Waals surface area contributed by atoms with E-state index in [2.05, 4.69) is 26.1 Å². The summed E-state index contributed by atoms with van der Waals surface area (Å²) in [4.78, 5) is 2.04. The number of sulfonamides is 1. The van der Waals surface area contributed by atoms with Crippen LogP contribution in [-0.2, 0) is 10.0 Å². The normalized spacial score (nSPS) is 12.1. The molecule has 0 amide bonds. The Hall–Kier alpha value is -0.670. The van der Waals surface area contributed by atoms with Gasteiger partial charge in [0.1, 0.15) is 4.60 Å². The first kappa shape index (κ1) is 12.4. The van der Waals surface area contributed by atoms with Crippen LogP contribution < -0.4 is 5.14 Å². The summed E-state index contributed by atoms with van der Waals surface area (Å²) >= 11 is 2.54. The standard InChI is InChI=1S/C6H4BrF3N2O2S/c7-5-4(6(9)10)2(15(11,13)14)1-3(8)12-5/h1,6H,(H2,11,13,14). The summed E-state index contributed by atoms with van der Waals surface area (Å²) in [5.74, 6) is -1.21. The fourth-order valence-electron chi connectivity index (χ4n) is 0.907. The van der Waals surface area contributed by atoms with E-state index < -0.39 is 37.5 Å². The number of nitrogens with two attached hydrogens (primary N) is 1. The average Bonchev–Trinajstić information content (AvgIpc) is 1.99. The first-order valence-corrected chi connectivity index (χ1v) is 5.74. The lowest BCUT2D eigenvalue weighted by Gasteiger charge is -2.08. The van der Waals surface area contributed by atoms with Gasteiger partial charge in [-0.1, -0.05) is 0 Å². The summed E-state index contributed by atoms with van der Waals surface area (Å²) < 4.78 is 58.8. The average molecular weight is 305 g/mol. The topological polar surface area (TPSA) is 73.1 Å². The molecule has 84 valence electrons. The zero-order valence-corrected chi connectivity index (χ0v) is 9.32. The Morgan fingerprint density at radius 1 is 1.47 bits per heavy atom. The molecule has 0 aliphatic carbocycles. The molecule has 0 aliphatic heterocycles. The molecule has 0 saturated carbocycles. The van der Waals surface area contributed by atoms with Gasteiger partial charge in [0.15, 0.2) is 0 Å². The van der Waals surface area contributed by atoms with Crippen LogP contribution in [0.1, 0.15) is 12.0 Å². The molecule has 0 radical (unpaired) electrons. The van der Waals surface area contributed by atoms with Gasteiger partial charge in [-0.25, -0.2) is 27.3 Å². The highest BCUT2D eigenvalue weighted by molar-refractivity contribution is 9.10. The lowest BCUT2D eigenvalue weighted by molar-refractivity contribution is 0.146. The van der Waals surface area contributed by atoms with Gasteiger partial charge in [0.05, 0.1) is 10.5 Å². The van der Waals surface area contributed by atoms with Gasteiger partial charge < -0.3 is 0 Å². The highest BCUT2D eigenvalue weighted by atomic mass is 79.9. The van der Waals surface area contributed by atoms with Crippen LogP contribution >= 0.6 is 15.9 Å². The molecule has 0 saturated heterocycles. The summed E-state index contributed by atoms with van der Waals surface area (Å²) in [6, 6.07) is 0.349. The van der Waals surface area contributed by atoms with Crippen molar-refractivity contribution in [3.8, 4) is 0 Å². The minimum Gasteiger partial charge on any atom is -0.225 e. The number of pyridine rings is 1. The number of halogens is 4. The van der Waals surface area contributed by atoms with Crippen molar-refractivity contribution in [2.75, 3.05) is 0 Å². The molecule has 0 bridgehead atoms. The molecule has 0 fully saturated rings. The molecule has 4 nitrogen and oxygen atoms in total. The zero-order valence-electron chi connectivity index (χ0n) is 6.92. The Bertz CT molecular complexity index is 491. The van der Waals surface area contributed by atoms with Gasteiger partial charge in [0.25, 0.3) is 6.43 Å². The summed E-state index contributed by atoms with van der Waals surface area (Å²) in [7, 11) is -4.41. The molecular weight excluding hydrogens is 301 g/mol. The van der Waals surface area contributed by atoms with Gasteiger partial charge in [-0.15, -0.1) is 0 Å². The molecule has 0 unspecified atom stereocenters. The maximum absolute atomic E-state index is 12.7. The Balaban J connectivity index is 3.62. The maximum Gasteiger partial charge on any atom is 0.267 e.